The van der Waals surface area contributed by atoms with E-state index in [-0.39, 0.29) is 12.1 Å². The summed E-state index contributed by atoms with van der Waals surface area (Å²) >= 11 is 12.4. The second-order valence-corrected chi connectivity index (χ2v) is 11.4. The van der Waals surface area contributed by atoms with Gasteiger partial charge < -0.3 is 19.5 Å². The van der Waals surface area contributed by atoms with E-state index >= 15 is 0 Å². The van der Waals surface area contributed by atoms with Gasteiger partial charge in [-0.25, -0.2) is 0 Å². The monoisotopic (exact) mass is 556 g/mol. The standard InChI is InChI=1S/C32H33ClN4OS/c1-20-11-12-23(33)19-29(20)36-21(2)18-27(22(36)3)31-30(28-10-6-7-17-34-28)35-32(39)37(31)24-13-15-26(16-14-24)38-25-8-4-5-9-25/h6-7,10-19,25,30-31H,4-5,8-9H2,1-3H3,(H,35,39)/t30-,31+/m0/s1. The van der Waals surface area contributed by atoms with E-state index in [0.717, 1.165) is 52.1 Å². The Morgan fingerprint density at radius 1 is 0.974 bits per heavy atom. The third kappa shape index (κ3) is 4.92. The fourth-order valence-corrected chi connectivity index (χ4v) is 6.63. The van der Waals surface area contributed by atoms with Gasteiger partial charge in [0.2, 0.25) is 0 Å². The third-order valence-electron chi connectivity index (χ3n) is 8.02. The molecule has 3 heterocycles. The highest BCUT2D eigenvalue weighted by Crippen LogP contribution is 2.44. The average Bonchev–Trinajstić information content (AvgIpc) is 3.64. The normalized spacial score (nSPS) is 19.5. The maximum Gasteiger partial charge on any atom is 0.174 e. The van der Waals surface area contributed by atoms with Crippen LogP contribution in [0.5, 0.6) is 5.75 Å². The molecule has 6 rings (SSSR count). The van der Waals surface area contributed by atoms with Gasteiger partial charge in [0.1, 0.15) is 5.75 Å². The molecular weight excluding hydrogens is 524 g/mol. The van der Waals surface area contributed by atoms with Crippen LogP contribution in [0.1, 0.15) is 66.0 Å². The lowest BCUT2D eigenvalue weighted by molar-refractivity contribution is 0.210. The van der Waals surface area contributed by atoms with Gasteiger partial charge in [-0.15, -0.1) is 0 Å². The van der Waals surface area contributed by atoms with E-state index in [1.165, 1.54) is 24.0 Å². The van der Waals surface area contributed by atoms with Crippen molar-refractivity contribution < 1.29 is 4.74 Å². The van der Waals surface area contributed by atoms with Crippen LogP contribution in [0.2, 0.25) is 5.02 Å². The summed E-state index contributed by atoms with van der Waals surface area (Å²) in [5.74, 6) is 0.913. The first-order valence-corrected chi connectivity index (χ1v) is 14.4. The quantitative estimate of drug-likeness (QED) is 0.244. The number of thiocarbonyl (C=S) groups is 1. The minimum Gasteiger partial charge on any atom is -0.490 e. The topological polar surface area (TPSA) is 42.3 Å². The van der Waals surface area contributed by atoms with E-state index in [4.69, 9.17) is 33.5 Å². The molecule has 2 fully saturated rings. The Labute approximate surface area is 240 Å². The molecule has 0 amide bonds. The van der Waals surface area contributed by atoms with Crippen LogP contribution in [0, 0.1) is 20.8 Å². The number of halogens is 1. The van der Waals surface area contributed by atoms with Crippen LogP contribution in [-0.2, 0) is 0 Å². The highest BCUT2D eigenvalue weighted by atomic mass is 35.5. The predicted molar refractivity (Wildman–Crippen MR) is 162 cm³/mol. The highest BCUT2D eigenvalue weighted by Gasteiger charge is 2.42. The number of hydrogen-bond acceptors (Lipinski definition) is 3. The van der Waals surface area contributed by atoms with Gasteiger partial charge in [-0.05, 0) is 124 Å². The van der Waals surface area contributed by atoms with E-state index < -0.39 is 0 Å². The Morgan fingerprint density at radius 2 is 1.74 bits per heavy atom. The van der Waals surface area contributed by atoms with Crippen molar-refractivity contribution in [3.63, 3.8) is 0 Å². The van der Waals surface area contributed by atoms with Crippen molar-refractivity contribution in [3.8, 4) is 11.4 Å². The average molecular weight is 557 g/mol. The summed E-state index contributed by atoms with van der Waals surface area (Å²) in [6.45, 7) is 6.44. The molecule has 39 heavy (non-hydrogen) atoms. The maximum absolute atomic E-state index is 6.43. The molecule has 0 radical (unpaired) electrons. The van der Waals surface area contributed by atoms with Crippen LogP contribution >= 0.6 is 23.8 Å². The molecule has 0 bridgehead atoms. The summed E-state index contributed by atoms with van der Waals surface area (Å²) < 4.78 is 8.53. The number of aryl methyl sites for hydroxylation is 2. The van der Waals surface area contributed by atoms with Crippen LogP contribution in [-0.4, -0.2) is 20.8 Å². The number of hydrogen-bond donors (Lipinski definition) is 1. The smallest absolute Gasteiger partial charge is 0.174 e. The Bertz CT molecular complexity index is 1490. The zero-order chi connectivity index (χ0) is 27.1. The van der Waals surface area contributed by atoms with Crippen LogP contribution in [0.15, 0.2) is 72.9 Å². The Morgan fingerprint density at radius 3 is 2.46 bits per heavy atom. The first-order chi connectivity index (χ1) is 18.9. The highest BCUT2D eigenvalue weighted by molar-refractivity contribution is 7.80. The van der Waals surface area contributed by atoms with Crippen molar-refractivity contribution in [3.05, 3.63) is 106 Å². The number of aromatic nitrogens is 2. The lowest BCUT2D eigenvalue weighted by atomic mass is 9.96. The number of anilines is 1. The molecule has 2 aromatic heterocycles. The molecule has 7 heteroatoms. The van der Waals surface area contributed by atoms with Crippen molar-refractivity contribution in [2.24, 2.45) is 0 Å². The molecule has 4 aromatic rings. The lowest BCUT2D eigenvalue weighted by Gasteiger charge is -2.28. The van der Waals surface area contributed by atoms with Crippen molar-refractivity contribution in [1.82, 2.24) is 14.9 Å². The minimum atomic E-state index is -0.109. The van der Waals surface area contributed by atoms with Gasteiger partial charge >= 0.3 is 0 Å². The van der Waals surface area contributed by atoms with Crippen LogP contribution in [0.3, 0.4) is 0 Å². The second-order valence-electron chi connectivity index (χ2n) is 10.6. The van der Waals surface area contributed by atoms with E-state index in [2.05, 4.69) is 78.0 Å². The summed E-state index contributed by atoms with van der Waals surface area (Å²) in [5.41, 5.74) is 7.74. The fraction of sp³-hybridized carbons (Fsp3) is 0.312. The Kier molecular flexibility index (Phi) is 7.08. The van der Waals surface area contributed by atoms with Crippen LogP contribution < -0.4 is 15.0 Å². The van der Waals surface area contributed by atoms with Crippen LogP contribution in [0.25, 0.3) is 5.69 Å². The minimum absolute atomic E-state index is 0.0894. The van der Waals surface area contributed by atoms with Gasteiger partial charge in [0.15, 0.2) is 5.11 Å². The molecule has 1 saturated carbocycles. The molecule has 0 spiro atoms. The molecule has 2 aliphatic rings. The van der Waals surface area contributed by atoms with Gasteiger partial charge in [-0.1, -0.05) is 23.7 Å². The number of nitrogens with zero attached hydrogens (tertiary/aromatic N) is 3. The van der Waals surface area contributed by atoms with Gasteiger partial charge in [0.05, 0.1) is 23.9 Å². The van der Waals surface area contributed by atoms with Gasteiger partial charge in [-0.2, -0.15) is 0 Å². The zero-order valence-electron chi connectivity index (χ0n) is 22.5. The second kappa shape index (κ2) is 10.7. The number of pyridine rings is 1. The molecule has 1 aliphatic heterocycles. The van der Waals surface area contributed by atoms with Crippen molar-refractivity contribution >= 4 is 34.6 Å². The maximum atomic E-state index is 6.43. The largest absolute Gasteiger partial charge is 0.490 e. The molecule has 1 aliphatic carbocycles. The Balaban J connectivity index is 1.43. The van der Waals surface area contributed by atoms with Crippen molar-refractivity contribution in [2.75, 3.05) is 4.90 Å². The van der Waals surface area contributed by atoms with Gasteiger partial charge in [0, 0.05) is 34.0 Å². The van der Waals surface area contributed by atoms with E-state index in [0.29, 0.717) is 11.2 Å². The molecular formula is C32H33ClN4OS. The molecule has 1 N–H and O–H groups in total. The number of benzene rings is 2. The summed E-state index contributed by atoms with van der Waals surface area (Å²) in [6, 6.07) is 22.5. The van der Waals surface area contributed by atoms with E-state index in [1.54, 1.807) is 0 Å². The lowest BCUT2D eigenvalue weighted by Crippen LogP contribution is -2.29. The molecule has 5 nitrogen and oxygen atoms in total. The summed E-state index contributed by atoms with van der Waals surface area (Å²) in [5, 5.41) is 5.00. The van der Waals surface area contributed by atoms with Gasteiger partial charge in [0.25, 0.3) is 0 Å². The molecule has 2 atom stereocenters. The number of ether oxygens (including phenoxy) is 1. The van der Waals surface area contributed by atoms with Crippen molar-refractivity contribution in [1.29, 1.82) is 0 Å². The molecule has 0 unspecified atom stereocenters. The summed E-state index contributed by atoms with van der Waals surface area (Å²) in [7, 11) is 0. The van der Waals surface area contributed by atoms with Crippen LogP contribution in [0.4, 0.5) is 5.69 Å². The van der Waals surface area contributed by atoms with E-state index in [1.807, 2.05) is 30.5 Å². The molecule has 200 valence electrons. The number of nitrogens with one attached hydrogen (secondary N) is 1. The Hall–Kier alpha value is -3.35. The predicted octanol–water partition coefficient (Wildman–Crippen LogP) is 7.95. The third-order valence-corrected chi connectivity index (χ3v) is 8.57. The SMILES string of the molecule is Cc1ccc(Cl)cc1-n1c(C)cc([C@@H]2[C@H](c3ccccn3)NC(=S)N2c2ccc(OC3CCCC3)cc2)c1C. The fourth-order valence-electron chi connectivity index (χ4n) is 6.11. The zero-order valence-corrected chi connectivity index (χ0v) is 24.1. The summed E-state index contributed by atoms with van der Waals surface area (Å²) in [4.78, 5) is 6.95. The number of rotatable bonds is 6. The summed E-state index contributed by atoms with van der Waals surface area (Å²) in [6.07, 6.45) is 6.94. The van der Waals surface area contributed by atoms with Gasteiger partial charge in [-0.3, -0.25) is 4.98 Å². The van der Waals surface area contributed by atoms with E-state index in [9.17, 15) is 0 Å². The molecule has 1 saturated heterocycles. The first-order valence-electron chi connectivity index (χ1n) is 13.6. The van der Waals surface area contributed by atoms with Crippen molar-refractivity contribution in [2.45, 2.75) is 64.6 Å². The molecule has 2 aromatic carbocycles. The first kappa shape index (κ1) is 25.9.